The molecule has 3 heterocycles. The number of nitrogens with one attached hydrogen (secondary N) is 1. The van der Waals surface area contributed by atoms with Crippen LogP contribution < -0.4 is 16.7 Å². The van der Waals surface area contributed by atoms with Crippen LogP contribution in [0.25, 0.3) is 11.2 Å². The molecule has 31 heavy (non-hydrogen) atoms. The topological polar surface area (TPSA) is 124 Å². The predicted octanol–water partition coefficient (Wildman–Crippen LogP) is -0.403. The molecule has 1 N–H and O–H groups in total. The van der Waals surface area contributed by atoms with Crippen LogP contribution in [0.4, 0.5) is 0 Å². The summed E-state index contributed by atoms with van der Waals surface area (Å²) in [6, 6.07) is 9.48. The summed E-state index contributed by atoms with van der Waals surface area (Å²) in [5.74, 6) is -0.341. The van der Waals surface area contributed by atoms with Crippen LogP contribution in [-0.2, 0) is 36.8 Å². The van der Waals surface area contributed by atoms with Gasteiger partial charge in [-0.05, 0) is 5.56 Å². The minimum absolute atomic E-state index is 0.0909. The number of thioether (sulfide) groups is 1. The van der Waals surface area contributed by atoms with Crippen LogP contribution in [0.5, 0.6) is 0 Å². The molecule has 160 valence electrons. The van der Waals surface area contributed by atoms with Crippen molar-refractivity contribution >= 4 is 39.9 Å². The Kier molecular flexibility index (Phi) is 5.46. The van der Waals surface area contributed by atoms with E-state index in [1.54, 1.807) is 0 Å². The van der Waals surface area contributed by atoms with Gasteiger partial charge in [0.15, 0.2) is 16.3 Å². The molecule has 0 aliphatic carbocycles. The van der Waals surface area contributed by atoms with Crippen LogP contribution in [-0.4, -0.2) is 46.3 Å². The van der Waals surface area contributed by atoms with Crippen molar-refractivity contribution in [1.82, 2.24) is 29.0 Å². The second kappa shape index (κ2) is 8.22. The smallest absolute Gasteiger partial charge is 0.315 e. The molecule has 11 nitrogen and oxygen atoms in total. The van der Waals surface area contributed by atoms with Gasteiger partial charge in [-0.25, -0.2) is 15.2 Å². The monoisotopic (exact) mass is 441 g/mol. The van der Waals surface area contributed by atoms with E-state index >= 15 is 0 Å². The maximum absolute atomic E-state index is 12.5. The number of aromatic nitrogens is 4. The molecule has 0 bridgehead atoms. The third-order valence-electron chi connectivity index (χ3n) is 4.85. The van der Waals surface area contributed by atoms with Gasteiger partial charge in [0, 0.05) is 14.1 Å². The number of amides is 2. The van der Waals surface area contributed by atoms with Gasteiger partial charge in [0.1, 0.15) is 6.54 Å². The summed E-state index contributed by atoms with van der Waals surface area (Å²) < 4.78 is 3.57. The van der Waals surface area contributed by atoms with Gasteiger partial charge < -0.3 is 4.57 Å². The molecule has 1 aliphatic heterocycles. The highest BCUT2D eigenvalue weighted by molar-refractivity contribution is 8.15. The van der Waals surface area contributed by atoms with Crippen LogP contribution in [0.15, 0.2) is 51.3 Å². The molecule has 1 saturated heterocycles. The maximum atomic E-state index is 12.5. The number of fused-ring (bicyclic) bond motifs is 1. The summed E-state index contributed by atoms with van der Waals surface area (Å²) in [6.45, 7) is 0.135. The molecule has 3 aromatic rings. The van der Waals surface area contributed by atoms with Gasteiger partial charge in [0.2, 0.25) is 5.91 Å². The first-order valence-electron chi connectivity index (χ1n) is 9.31. The lowest BCUT2D eigenvalue weighted by Crippen LogP contribution is -2.38. The molecule has 12 heteroatoms. The first-order valence-corrected chi connectivity index (χ1v) is 10.3. The highest BCUT2D eigenvalue weighted by Crippen LogP contribution is 2.21. The number of amidine groups is 1. The molecular weight excluding hydrogens is 422 g/mol. The zero-order chi connectivity index (χ0) is 22.1. The van der Waals surface area contributed by atoms with E-state index in [0.29, 0.717) is 11.7 Å². The fourth-order valence-electron chi connectivity index (χ4n) is 3.22. The third-order valence-corrected chi connectivity index (χ3v) is 5.81. The lowest BCUT2D eigenvalue weighted by molar-refractivity contribution is -0.125. The number of aryl methyl sites for hydroxylation is 1. The van der Waals surface area contributed by atoms with E-state index in [1.165, 1.54) is 46.2 Å². The van der Waals surface area contributed by atoms with Gasteiger partial charge in [-0.3, -0.25) is 28.4 Å². The van der Waals surface area contributed by atoms with E-state index in [0.717, 1.165) is 10.1 Å². The maximum Gasteiger partial charge on any atom is 0.332 e. The fraction of sp³-hybridized carbons (Fsp3) is 0.263. The molecule has 0 saturated carbocycles. The van der Waals surface area contributed by atoms with Crippen molar-refractivity contribution < 1.29 is 9.59 Å². The number of carbonyl (C=O) groups excluding carboxylic acids is 2. The van der Waals surface area contributed by atoms with Gasteiger partial charge in [-0.1, -0.05) is 42.1 Å². The molecule has 1 aromatic carbocycles. The van der Waals surface area contributed by atoms with Crippen LogP contribution in [0.1, 0.15) is 5.56 Å². The summed E-state index contributed by atoms with van der Waals surface area (Å²) in [5.41, 5.74) is 2.67. The largest absolute Gasteiger partial charge is 0.332 e. The minimum atomic E-state index is -0.541. The lowest BCUT2D eigenvalue weighted by Gasteiger charge is -2.15. The van der Waals surface area contributed by atoms with Gasteiger partial charge in [0.05, 0.1) is 18.6 Å². The zero-order valence-electron chi connectivity index (χ0n) is 16.8. The lowest BCUT2D eigenvalue weighted by atomic mass is 10.2. The van der Waals surface area contributed by atoms with E-state index in [-0.39, 0.29) is 29.4 Å². The minimum Gasteiger partial charge on any atom is -0.315 e. The van der Waals surface area contributed by atoms with E-state index in [9.17, 15) is 19.2 Å². The highest BCUT2D eigenvalue weighted by atomic mass is 32.2. The molecule has 0 radical (unpaired) electrons. The summed E-state index contributed by atoms with van der Waals surface area (Å²) in [6.07, 6.45) is 1.33. The van der Waals surface area contributed by atoms with Gasteiger partial charge in [0.25, 0.3) is 11.5 Å². The standard InChI is InChI=1S/C19H19N7O4S/c1-23-16-15(17(29)24(2)19(23)30)25(11-20-16)9-13(27)21-22-18-26(14(28)10-31-18)8-12-6-4-3-5-7-12/h3-7,11H,8-10H2,1-2H3,(H,21,27)/b22-18-. The summed E-state index contributed by atoms with van der Waals surface area (Å²) >= 11 is 1.24. The first kappa shape index (κ1) is 20.6. The Hall–Kier alpha value is -3.67. The Labute approximate surface area is 180 Å². The van der Waals surface area contributed by atoms with Crippen molar-refractivity contribution in [2.75, 3.05) is 5.75 Å². The molecule has 2 amide bonds. The van der Waals surface area contributed by atoms with Crippen LogP contribution in [0, 0.1) is 0 Å². The van der Waals surface area contributed by atoms with Crippen molar-refractivity contribution in [2.45, 2.75) is 13.1 Å². The molecule has 1 aliphatic rings. The molecule has 0 atom stereocenters. The number of benzene rings is 1. The van der Waals surface area contributed by atoms with E-state index in [2.05, 4.69) is 15.5 Å². The number of hydrogen-bond donors (Lipinski definition) is 1. The zero-order valence-corrected chi connectivity index (χ0v) is 17.6. The molecule has 0 spiro atoms. The normalized spacial score (nSPS) is 15.2. The third kappa shape index (κ3) is 3.89. The Bertz CT molecular complexity index is 1320. The first-order chi connectivity index (χ1) is 14.9. The molecule has 0 unspecified atom stereocenters. The second-order valence-electron chi connectivity index (χ2n) is 6.93. The molecule has 4 rings (SSSR count). The summed E-state index contributed by atoms with van der Waals surface area (Å²) in [4.78, 5) is 54.7. The predicted molar refractivity (Wildman–Crippen MR) is 115 cm³/mol. The summed E-state index contributed by atoms with van der Waals surface area (Å²) in [7, 11) is 2.87. The van der Waals surface area contributed by atoms with Crippen molar-refractivity contribution in [1.29, 1.82) is 0 Å². The molecular formula is C19H19N7O4S. The number of rotatable bonds is 5. The second-order valence-corrected chi connectivity index (χ2v) is 7.88. The van der Waals surface area contributed by atoms with Crippen molar-refractivity contribution in [3.8, 4) is 0 Å². The van der Waals surface area contributed by atoms with E-state index in [1.807, 2.05) is 30.3 Å². The van der Waals surface area contributed by atoms with Gasteiger partial charge >= 0.3 is 5.69 Å². The average Bonchev–Trinajstić information content (AvgIpc) is 3.34. The Balaban J connectivity index is 1.51. The SMILES string of the molecule is Cn1c(=O)c2c(ncn2CC(=O)N/N=C2\SCC(=O)N2Cc2ccccc2)n(C)c1=O. The number of nitrogens with zero attached hydrogens (tertiary/aromatic N) is 6. The van der Waals surface area contributed by atoms with Crippen LogP contribution in [0.3, 0.4) is 0 Å². The quantitative estimate of drug-likeness (QED) is 0.537. The molecule has 1 fully saturated rings. The van der Waals surface area contributed by atoms with Crippen molar-refractivity contribution in [2.24, 2.45) is 19.2 Å². The number of imidazole rings is 1. The Morgan fingerprint density at radius 2 is 1.90 bits per heavy atom. The summed E-state index contributed by atoms with van der Waals surface area (Å²) in [5, 5.41) is 4.50. The average molecular weight is 441 g/mol. The van der Waals surface area contributed by atoms with Crippen molar-refractivity contribution in [3.05, 3.63) is 63.1 Å². The number of hydrogen-bond acceptors (Lipinski definition) is 7. The molecule has 2 aromatic heterocycles. The number of hydrazone groups is 1. The number of carbonyl (C=O) groups is 2. The Morgan fingerprint density at radius 1 is 1.16 bits per heavy atom. The van der Waals surface area contributed by atoms with Crippen LogP contribution >= 0.6 is 11.8 Å². The van der Waals surface area contributed by atoms with E-state index < -0.39 is 17.2 Å². The van der Waals surface area contributed by atoms with Gasteiger partial charge in [-0.15, -0.1) is 5.10 Å². The van der Waals surface area contributed by atoms with Gasteiger partial charge in [-0.2, -0.15) is 0 Å². The Morgan fingerprint density at radius 3 is 2.65 bits per heavy atom. The highest BCUT2D eigenvalue weighted by Gasteiger charge is 2.28. The van der Waals surface area contributed by atoms with Crippen molar-refractivity contribution in [3.63, 3.8) is 0 Å². The fourth-order valence-corrected chi connectivity index (χ4v) is 4.06. The van der Waals surface area contributed by atoms with E-state index in [4.69, 9.17) is 0 Å². The van der Waals surface area contributed by atoms with Crippen LogP contribution in [0.2, 0.25) is 0 Å².